The molecule has 0 aromatic heterocycles. The topological polar surface area (TPSA) is 95.9 Å². The Bertz CT molecular complexity index is 1460. The first-order valence-electron chi connectivity index (χ1n) is 10.3. The predicted molar refractivity (Wildman–Crippen MR) is 125 cm³/mol. The number of halogens is 2. The lowest BCUT2D eigenvalue weighted by Gasteiger charge is -2.23. The van der Waals surface area contributed by atoms with Crippen molar-refractivity contribution in [3.63, 3.8) is 0 Å². The molecule has 4 rings (SSSR count). The minimum absolute atomic E-state index is 0.0470. The van der Waals surface area contributed by atoms with E-state index in [1.165, 1.54) is 25.1 Å². The summed E-state index contributed by atoms with van der Waals surface area (Å²) in [7, 11) is -7.77. The van der Waals surface area contributed by atoms with E-state index in [2.05, 4.69) is 9.82 Å². The van der Waals surface area contributed by atoms with Crippen molar-refractivity contribution in [3.8, 4) is 0 Å². The molecule has 7 nitrogen and oxygen atoms in total. The molecule has 0 saturated carbocycles. The van der Waals surface area contributed by atoms with Crippen molar-refractivity contribution in [1.29, 1.82) is 0 Å². The number of anilines is 1. The van der Waals surface area contributed by atoms with Gasteiger partial charge in [-0.25, -0.2) is 17.2 Å². The molecule has 0 saturated heterocycles. The van der Waals surface area contributed by atoms with E-state index in [-0.39, 0.29) is 22.6 Å². The average Bonchev–Trinajstić information content (AvgIpc) is 3.26. The third-order valence-electron chi connectivity index (χ3n) is 5.34. The summed E-state index contributed by atoms with van der Waals surface area (Å²) in [5, 5.41) is 4.31. The van der Waals surface area contributed by atoms with Crippen LogP contribution in [0.15, 0.2) is 82.8 Å². The largest absolute Gasteiger partial charge is 0.284 e. The second-order valence-corrected chi connectivity index (χ2v) is 11.4. The van der Waals surface area contributed by atoms with E-state index in [9.17, 15) is 25.6 Å². The standard InChI is InChI=1S/C23H21F2N3O4S2/c1-2-33(29,30)27-18-7-5-6-16(14-18)22-15-23(20-8-3-4-9-21(20)25)28(26-22)34(31,32)19-12-10-17(24)11-13-19/h3-14,23,27H,2,15H2,1H3/t23-/m0/s1. The highest BCUT2D eigenvalue weighted by molar-refractivity contribution is 7.92. The molecule has 0 unspecified atom stereocenters. The summed E-state index contributed by atoms with van der Waals surface area (Å²) in [6.07, 6.45) is 0.0470. The van der Waals surface area contributed by atoms with Crippen LogP contribution >= 0.6 is 0 Å². The van der Waals surface area contributed by atoms with E-state index in [0.717, 1.165) is 28.7 Å². The molecule has 3 aromatic rings. The molecule has 178 valence electrons. The van der Waals surface area contributed by atoms with Gasteiger partial charge in [0, 0.05) is 17.7 Å². The van der Waals surface area contributed by atoms with Gasteiger partial charge < -0.3 is 0 Å². The van der Waals surface area contributed by atoms with Crippen LogP contribution in [0.25, 0.3) is 0 Å². The molecule has 11 heteroatoms. The van der Waals surface area contributed by atoms with Crippen molar-refractivity contribution < 1.29 is 25.6 Å². The second-order valence-electron chi connectivity index (χ2n) is 7.61. The molecule has 0 fully saturated rings. The van der Waals surface area contributed by atoms with Crippen LogP contribution in [-0.2, 0) is 20.0 Å². The molecule has 0 bridgehead atoms. The molecule has 1 atom stereocenters. The van der Waals surface area contributed by atoms with E-state index in [1.807, 2.05) is 0 Å². The van der Waals surface area contributed by atoms with Crippen LogP contribution in [0.1, 0.15) is 30.5 Å². The molecule has 0 aliphatic carbocycles. The smallest absolute Gasteiger partial charge is 0.279 e. The van der Waals surface area contributed by atoms with Crippen molar-refractivity contribution in [2.45, 2.75) is 24.3 Å². The highest BCUT2D eigenvalue weighted by Gasteiger charge is 2.39. The van der Waals surface area contributed by atoms with Crippen molar-refractivity contribution in [1.82, 2.24) is 4.41 Å². The first kappa shape index (κ1) is 23.8. The van der Waals surface area contributed by atoms with E-state index < -0.39 is 37.7 Å². The summed E-state index contributed by atoms with van der Waals surface area (Å²) in [5.41, 5.74) is 1.24. The van der Waals surface area contributed by atoms with Gasteiger partial charge >= 0.3 is 0 Å². The Labute approximate surface area is 196 Å². The lowest BCUT2D eigenvalue weighted by molar-refractivity contribution is 0.362. The van der Waals surface area contributed by atoms with Crippen molar-refractivity contribution in [2.75, 3.05) is 10.5 Å². The van der Waals surface area contributed by atoms with Gasteiger partial charge in [-0.05, 0) is 55.0 Å². The van der Waals surface area contributed by atoms with Gasteiger partial charge in [-0.3, -0.25) is 4.72 Å². The lowest BCUT2D eigenvalue weighted by Crippen LogP contribution is -2.28. The van der Waals surface area contributed by atoms with Crippen LogP contribution < -0.4 is 4.72 Å². The SMILES string of the molecule is CCS(=O)(=O)Nc1cccc(C2=NN(S(=O)(=O)c3ccc(F)cc3)[C@H](c3ccccc3F)C2)c1. The molecule has 34 heavy (non-hydrogen) atoms. The Morgan fingerprint density at radius 3 is 2.35 bits per heavy atom. The quantitative estimate of drug-likeness (QED) is 0.519. The monoisotopic (exact) mass is 505 g/mol. The zero-order chi connectivity index (χ0) is 24.5. The molecule has 1 aliphatic heterocycles. The van der Waals surface area contributed by atoms with Gasteiger partial charge in [-0.15, -0.1) is 0 Å². The Morgan fingerprint density at radius 1 is 0.971 bits per heavy atom. The third-order valence-corrected chi connectivity index (χ3v) is 8.35. The maximum Gasteiger partial charge on any atom is 0.279 e. The van der Waals surface area contributed by atoms with Gasteiger partial charge in [0.25, 0.3) is 10.0 Å². The van der Waals surface area contributed by atoms with E-state index in [0.29, 0.717) is 17.0 Å². The van der Waals surface area contributed by atoms with Gasteiger partial charge in [0.05, 0.1) is 22.4 Å². The fourth-order valence-electron chi connectivity index (χ4n) is 3.59. The second kappa shape index (κ2) is 9.15. The molecule has 1 N–H and O–H groups in total. The van der Waals surface area contributed by atoms with Gasteiger partial charge in [0.1, 0.15) is 11.6 Å². The minimum atomic E-state index is -4.25. The number of nitrogens with one attached hydrogen (secondary N) is 1. The maximum atomic E-state index is 14.7. The van der Waals surface area contributed by atoms with Crippen molar-refractivity contribution in [3.05, 3.63) is 95.6 Å². The van der Waals surface area contributed by atoms with Crippen LogP contribution in [0.5, 0.6) is 0 Å². The summed E-state index contributed by atoms with van der Waals surface area (Å²) >= 11 is 0. The molecule has 0 amide bonds. The summed E-state index contributed by atoms with van der Waals surface area (Å²) in [5.74, 6) is -1.30. The summed E-state index contributed by atoms with van der Waals surface area (Å²) in [4.78, 5) is -0.190. The van der Waals surface area contributed by atoms with Gasteiger partial charge in [0.15, 0.2) is 0 Å². The van der Waals surface area contributed by atoms with Crippen LogP contribution in [0.2, 0.25) is 0 Å². The first-order chi connectivity index (χ1) is 16.1. The fraction of sp³-hybridized carbons (Fsp3) is 0.174. The van der Waals surface area contributed by atoms with Crippen LogP contribution in [0.3, 0.4) is 0 Å². The number of sulfonamides is 2. The third kappa shape index (κ3) is 4.80. The molecule has 0 spiro atoms. The molecule has 0 radical (unpaired) electrons. The number of hydrazone groups is 1. The maximum absolute atomic E-state index is 14.7. The van der Waals surface area contributed by atoms with Crippen LogP contribution in [-0.4, -0.2) is 32.7 Å². The van der Waals surface area contributed by atoms with Gasteiger partial charge in [0.2, 0.25) is 10.0 Å². The molecule has 1 heterocycles. The Kier molecular flexibility index (Phi) is 6.41. The first-order valence-corrected chi connectivity index (χ1v) is 13.4. The summed E-state index contributed by atoms with van der Waals surface area (Å²) < 4.78 is 82.0. The number of hydrogen-bond acceptors (Lipinski definition) is 5. The molecule has 3 aromatic carbocycles. The zero-order valence-corrected chi connectivity index (χ0v) is 19.7. The van der Waals surface area contributed by atoms with E-state index in [4.69, 9.17) is 0 Å². The normalized spacial score (nSPS) is 16.4. The fourth-order valence-corrected chi connectivity index (χ4v) is 5.65. The number of nitrogens with zero attached hydrogens (tertiary/aromatic N) is 2. The van der Waals surface area contributed by atoms with Crippen LogP contribution in [0.4, 0.5) is 14.5 Å². The highest BCUT2D eigenvalue weighted by atomic mass is 32.2. The average molecular weight is 506 g/mol. The number of benzene rings is 3. The van der Waals surface area contributed by atoms with Crippen molar-refractivity contribution in [2.24, 2.45) is 5.10 Å². The Balaban J connectivity index is 1.78. The molecular weight excluding hydrogens is 484 g/mol. The number of hydrogen-bond donors (Lipinski definition) is 1. The summed E-state index contributed by atoms with van der Waals surface area (Å²) in [6, 6.07) is 15.5. The molecular formula is C23H21F2N3O4S2. The Hall–Kier alpha value is -3.31. The highest BCUT2D eigenvalue weighted by Crippen LogP contribution is 2.38. The summed E-state index contributed by atoms with van der Waals surface area (Å²) in [6.45, 7) is 1.50. The van der Waals surface area contributed by atoms with Crippen LogP contribution in [0, 0.1) is 11.6 Å². The molecule has 1 aliphatic rings. The van der Waals surface area contributed by atoms with Crippen molar-refractivity contribution >= 4 is 31.4 Å². The minimum Gasteiger partial charge on any atom is -0.284 e. The number of rotatable bonds is 7. The zero-order valence-electron chi connectivity index (χ0n) is 18.0. The lowest BCUT2D eigenvalue weighted by atomic mass is 9.98. The van der Waals surface area contributed by atoms with Gasteiger partial charge in [-0.2, -0.15) is 17.9 Å². The van der Waals surface area contributed by atoms with Gasteiger partial charge in [-0.1, -0.05) is 30.3 Å². The Morgan fingerprint density at radius 2 is 1.68 bits per heavy atom. The van der Waals surface area contributed by atoms with E-state index in [1.54, 1.807) is 30.3 Å². The predicted octanol–water partition coefficient (Wildman–Crippen LogP) is 4.27. The van der Waals surface area contributed by atoms with E-state index >= 15 is 0 Å².